The van der Waals surface area contributed by atoms with Gasteiger partial charge < -0.3 is 9.47 Å². The Bertz CT molecular complexity index is 331. The summed E-state index contributed by atoms with van der Waals surface area (Å²) in [6.07, 6.45) is 2.10. The highest BCUT2D eigenvalue weighted by molar-refractivity contribution is 9.10. The second kappa shape index (κ2) is 5.75. The molecule has 1 fully saturated rings. The quantitative estimate of drug-likeness (QED) is 0.850. The smallest absolute Gasteiger partial charge is 0.124 e. The Hall–Kier alpha value is -0.450. The molecule has 1 aliphatic rings. The molecule has 88 valence electrons. The summed E-state index contributed by atoms with van der Waals surface area (Å²) in [7, 11) is 0. The number of ether oxygens (including phenoxy) is 2. The van der Waals surface area contributed by atoms with Crippen molar-refractivity contribution in [3.63, 3.8) is 0 Å². The molecule has 1 saturated heterocycles. The molecule has 1 aromatic carbocycles. The van der Waals surface area contributed by atoms with Gasteiger partial charge in [-0.1, -0.05) is 15.9 Å². The topological polar surface area (TPSA) is 18.5 Å². The predicted molar refractivity (Wildman–Crippen MR) is 62.7 cm³/mol. The van der Waals surface area contributed by atoms with Crippen LogP contribution >= 0.6 is 15.9 Å². The minimum Gasteiger partial charge on any atom is -0.381 e. The van der Waals surface area contributed by atoms with Gasteiger partial charge in [0.25, 0.3) is 0 Å². The van der Waals surface area contributed by atoms with Crippen LogP contribution in [0.2, 0.25) is 0 Å². The molecule has 0 spiro atoms. The van der Waals surface area contributed by atoms with Crippen LogP contribution < -0.4 is 0 Å². The van der Waals surface area contributed by atoms with Gasteiger partial charge in [-0.15, -0.1) is 0 Å². The van der Waals surface area contributed by atoms with E-state index in [-0.39, 0.29) is 11.9 Å². The van der Waals surface area contributed by atoms with Gasteiger partial charge in [0, 0.05) is 17.7 Å². The van der Waals surface area contributed by atoms with Gasteiger partial charge in [0.1, 0.15) is 5.82 Å². The van der Waals surface area contributed by atoms with E-state index in [0.29, 0.717) is 6.61 Å². The maximum absolute atomic E-state index is 13.1. The van der Waals surface area contributed by atoms with Crippen LogP contribution in [0.4, 0.5) is 4.39 Å². The highest BCUT2D eigenvalue weighted by Gasteiger charge is 2.14. The summed E-state index contributed by atoms with van der Waals surface area (Å²) in [5.41, 5.74) is 0.860. The molecule has 16 heavy (non-hydrogen) atoms. The zero-order valence-corrected chi connectivity index (χ0v) is 10.5. The Balaban J connectivity index is 1.88. The molecule has 4 heteroatoms. The number of hydrogen-bond acceptors (Lipinski definition) is 2. The number of benzene rings is 1. The van der Waals surface area contributed by atoms with Crippen molar-refractivity contribution in [1.29, 1.82) is 0 Å². The molecule has 2 nitrogen and oxygen atoms in total. The summed E-state index contributed by atoms with van der Waals surface area (Å²) in [5.74, 6) is -0.236. The van der Waals surface area contributed by atoms with E-state index in [4.69, 9.17) is 9.47 Å². The predicted octanol–water partition coefficient (Wildman–Crippen LogP) is 3.28. The molecule has 0 aromatic heterocycles. The van der Waals surface area contributed by atoms with E-state index in [9.17, 15) is 4.39 Å². The first-order valence-corrected chi connectivity index (χ1v) is 6.17. The van der Waals surface area contributed by atoms with Crippen molar-refractivity contribution >= 4 is 15.9 Å². The molecule has 0 amide bonds. The highest BCUT2D eigenvalue weighted by Crippen LogP contribution is 2.18. The van der Waals surface area contributed by atoms with Crippen molar-refractivity contribution < 1.29 is 13.9 Å². The van der Waals surface area contributed by atoms with Gasteiger partial charge in [-0.2, -0.15) is 0 Å². The fourth-order valence-corrected chi connectivity index (χ4v) is 2.26. The highest BCUT2D eigenvalue weighted by atomic mass is 79.9. The number of rotatable bonds is 3. The average molecular weight is 289 g/mol. The summed E-state index contributed by atoms with van der Waals surface area (Å²) in [5, 5.41) is 0. The van der Waals surface area contributed by atoms with Crippen LogP contribution in [-0.4, -0.2) is 19.3 Å². The van der Waals surface area contributed by atoms with Crippen molar-refractivity contribution in [1.82, 2.24) is 0 Å². The first-order chi connectivity index (χ1) is 7.74. The van der Waals surface area contributed by atoms with Crippen molar-refractivity contribution in [2.75, 3.05) is 13.2 Å². The maximum Gasteiger partial charge on any atom is 0.124 e. The Labute approximate surface area is 103 Å². The van der Waals surface area contributed by atoms with Crippen LogP contribution in [0.3, 0.4) is 0 Å². The second-order valence-corrected chi connectivity index (χ2v) is 4.82. The van der Waals surface area contributed by atoms with Crippen LogP contribution in [0.15, 0.2) is 22.7 Å². The van der Waals surface area contributed by atoms with Gasteiger partial charge in [-0.3, -0.25) is 0 Å². The number of hydrogen-bond donors (Lipinski definition) is 0. The molecular formula is C12H14BrFO2. The summed E-state index contributed by atoms with van der Waals surface area (Å²) in [4.78, 5) is 0. The van der Waals surface area contributed by atoms with Crippen molar-refractivity contribution in [3.05, 3.63) is 34.1 Å². The molecule has 0 radical (unpaired) electrons. The monoisotopic (exact) mass is 288 g/mol. The van der Waals surface area contributed by atoms with Crippen molar-refractivity contribution in [3.8, 4) is 0 Å². The van der Waals surface area contributed by atoms with Gasteiger partial charge in [-0.05, 0) is 36.6 Å². The molecule has 1 heterocycles. The van der Waals surface area contributed by atoms with E-state index >= 15 is 0 Å². The zero-order chi connectivity index (χ0) is 11.4. The third-order valence-electron chi connectivity index (χ3n) is 2.58. The van der Waals surface area contributed by atoms with Gasteiger partial charge in [0.15, 0.2) is 0 Å². The SMILES string of the molecule is Fc1cc(Br)cc(COC2CCOCC2)c1. The molecule has 0 bridgehead atoms. The summed E-state index contributed by atoms with van der Waals surface area (Å²) >= 11 is 3.26. The van der Waals surface area contributed by atoms with Crippen LogP contribution in [0.1, 0.15) is 18.4 Å². The molecule has 1 aromatic rings. The molecule has 0 aliphatic carbocycles. The average Bonchev–Trinajstić information content (AvgIpc) is 2.27. The van der Waals surface area contributed by atoms with Crippen LogP contribution in [-0.2, 0) is 16.1 Å². The fourth-order valence-electron chi connectivity index (χ4n) is 1.75. The summed E-state index contributed by atoms with van der Waals surface area (Å²) in [6, 6.07) is 4.82. The van der Waals surface area contributed by atoms with E-state index < -0.39 is 0 Å². The van der Waals surface area contributed by atoms with Crippen LogP contribution in [0, 0.1) is 5.82 Å². The Morgan fingerprint density at radius 2 is 2.06 bits per heavy atom. The van der Waals surface area contributed by atoms with Gasteiger partial charge in [0.2, 0.25) is 0 Å². The minimum atomic E-state index is -0.236. The summed E-state index contributed by atoms with van der Waals surface area (Å²) in [6.45, 7) is 1.98. The second-order valence-electron chi connectivity index (χ2n) is 3.90. The maximum atomic E-state index is 13.1. The van der Waals surface area contributed by atoms with Gasteiger partial charge in [-0.25, -0.2) is 4.39 Å². The molecular weight excluding hydrogens is 275 g/mol. The summed E-state index contributed by atoms with van der Waals surface area (Å²) < 4.78 is 24.8. The first-order valence-electron chi connectivity index (χ1n) is 5.38. The normalized spacial score (nSPS) is 17.6. The molecule has 1 aliphatic heterocycles. The molecule has 0 unspecified atom stereocenters. The van der Waals surface area contributed by atoms with Crippen molar-refractivity contribution in [2.24, 2.45) is 0 Å². The first kappa shape index (κ1) is 12.0. The zero-order valence-electron chi connectivity index (χ0n) is 8.92. The molecule has 0 saturated carbocycles. The third kappa shape index (κ3) is 3.54. The fraction of sp³-hybridized carbons (Fsp3) is 0.500. The Morgan fingerprint density at radius 1 is 1.31 bits per heavy atom. The molecule has 2 rings (SSSR count). The van der Waals surface area contributed by atoms with E-state index in [1.54, 1.807) is 0 Å². The lowest BCUT2D eigenvalue weighted by atomic mass is 10.1. The Kier molecular flexibility index (Phi) is 4.32. The lowest BCUT2D eigenvalue weighted by molar-refractivity contribution is -0.0391. The van der Waals surface area contributed by atoms with Crippen LogP contribution in [0.5, 0.6) is 0 Å². The largest absolute Gasteiger partial charge is 0.381 e. The van der Waals surface area contributed by atoms with E-state index in [0.717, 1.165) is 36.1 Å². The standard InChI is InChI=1S/C12H14BrFO2/c13-10-5-9(6-11(14)7-10)8-16-12-1-3-15-4-2-12/h5-7,12H,1-4,8H2. The van der Waals surface area contributed by atoms with Gasteiger partial charge >= 0.3 is 0 Å². The lowest BCUT2D eigenvalue weighted by Crippen LogP contribution is -2.23. The van der Waals surface area contributed by atoms with Crippen molar-refractivity contribution in [2.45, 2.75) is 25.6 Å². The van der Waals surface area contributed by atoms with Gasteiger partial charge in [0.05, 0.1) is 12.7 Å². The van der Waals surface area contributed by atoms with E-state index in [1.165, 1.54) is 12.1 Å². The third-order valence-corrected chi connectivity index (χ3v) is 3.03. The molecule has 0 N–H and O–H groups in total. The van der Waals surface area contributed by atoms with E-state index in [1.807, 2.05) is 6.07 Å². The number of halogens is 2. The minimum absolute atomic E-state index is 0.236. The van der Waals surface area contributed by atoms with E-state index in [2.05, 4.69) is 15.9 Å². The Morgan fingerprint density at radius 3 is 2.75 bits per heavy atom. The lowest BCUT2D eigenvalue weighted by Gasteiger charge is -2.22. The van der Waals surface area contributed by atoms with Crippen LogP contribution in [0.25, 0.3) is 0 Å². The molecule has 0 atom stereocenters.